The van der Waals surface area contributed by atoms with Crippen LogP contribution in [0.25, 0.3) is 0 Å². The van der Waals surface area contributed by atoms with Crippen LogP contribution in [0.5, 0.6) is 0 Å². The number of hydrogen-bond acceptors (Lipinski definition) is 1. The van der Waals surface area contributed by atoms with Crippen molar-refractivity contribution in [3.05, 3.63) is 35.1 Å². The van der Waals surface area contributed by atoms with Crippen molar-refractivity contribution in [1.82, 2.24) is 4.90 Å². The lowest BCUT2D eigenvalue weighted by molar-refractivity contribution is 0.0691. The van der Waals surface area contributed by atoms with E-state index in [-0.39, 0.29) is 17.5 Å². The molecule has 0 aliphatic heterocycles. The average molecular weight is 249 g/mol. The van der Waals surface area contributed by atoms with Gasteiger partial charge in [0.05, 0.1) is 5.56 Å². The maximum absolute atomic E-state index is 13.7. The number of halogens is 1. The maximum Gasteiger partial charge on any atom is 0.256 e. The number of rotatable bonds is 2. The van der Waals surface area contributed by atoms with E-state index >= 15 is 0 Å². The zero-order valence-electron chi connectivity index (χ0n) is 11.1. The Morgan fingerprint density at radius 2 is 1.94 bits per heavy atom. The monoisotopic (exact) mass is 249 g/mol. The van der Waals surface area contributed by atoms with E-state index in [1.807, 2.05) is 6.92 Å². The minimum absolute atomic E-state index is 0.192. The third-order valence-electron chi connectivity index (χ3n) is 3.80. The quantitative estimate of drug-likeness (QED) is 0.785. The molecule has 98 valence electrons. The Bertz CT molecular complexity index is 438. The molecule has 1 amide bonds. The molecule has 1 aromatic carbocycles. The fourth-order valence-electron chi connectivity index (χ4n) is 2.63. The number of hydrogen-bond donors (Lipinski definition) is 0. The lowest BCUT2D eigenvalue weighted by Gasteiger charge is -2.31. The number of amides is 1. The molecule has 0 spiro atoms. The summed E-state index contributed by atoms with van der Waals surface area (Å²) in [7, 11) is 1.79. The Balaban J connectivity index is 2.16. The predicted octanol–water partition coefficient (Wildman–Crippen LogP) is 3.54. The van der Waals surface area contributed by atoms with Crippen LogP contribution in [0, 0.1) is 12.7 Å². The van der Waals surface area contributed by atoms with Crippen LogP contribution < -0.4 is 0 Å². The summed E-state index contributed by atoms with van der Waals surface area (Å²) in [5.41, 5.74) is 1.11. The molecular formula is C15H20FNO. The molecular weight excluding hydrogens is 229 g/mol. The molecule has 0 N–H and O–H groups in total. The fraction of sp³-hybridized carbons (Fsp3) is 0.533. The van der Waals surface area contributed by atoms with Gasteiger partial charge in [-0.2, -0.15) is 0 Å². The minimum Gasteiger partial charge on any atom is -0.339 e. The van der Waals surface area contributed by atoms with Crippen LogP contribution >= 0.6 is 0 Å². The summed E-state index contributed by atoms with van der Waals surface area (Å²) in [4.78, 5) is 14.0. The van der Waals surface area contributed by atoms with Gasteiger partial charge in [0.1, 0.15) is 5.82 Å². The second kappa shape index (κ2) is 5.51. The van der Waals surface area contributed by atoms with Crippen molar-refractivity contribution in [2.24, 2.45) is 0 Å². The number of carbonyl (C=O) groups is 1. The maximum atomic E-state index is 13.7. The molecule has 0 saturated heterocycles. The van der Waals surface area contributed by atoms with Gasteiger partial charge in [0.15, 0.2) is 0 Å². The molecule has 2 nitrogen and oxygen atoms in total. The van der Waals surface area contributed by atoms with Gasteiger partial charge in [-0.1, -0.05) is 30.9 Å². The van der Waals surface area contributed by atoms with Crippen LogP contribution in [-0.4, -0.2) is 23.9 Å². The van der Waals surface area contributed by atoms with E-state index < -0.39 is 5.82 Å². The van der Waals surface area contributed by atoms with Crippen LogP contribution in [-0.2, 0) is 0 Å². The van der Waals surface area contributed by atoms with Crippen LogP contribution in [0.1, 0.15) is 48.0 Å². The van der Waals surface area contributed by atoms with Crippen molar-refractivity contribution in [2.45, 2.75) is 45.1 Å². The van der Waals surface area contributed by atoms with Crippen LogP contribution in [0.15, 0.2) is 18.2 Å². The molecule has 0 atom stereocenters. The summed E-state index contributed by atoms with van der Waals surface area (Å²) >= 11 is 0. The highest BCUT2D eigenvalue weighted by atomic mass is 19.1. The largest absolute Gasteiger partial charge is 0.339 e. The van der Waals surface area contributed by atoms with Crippen molar-refractivity contribution < 1.29 is 9.18 Å². The number of carbonyl (C=O) groups excluding carboxylic acids is 1. The number of aryl methyl sites for hydroxylation is 1. The van der Waals surface area contributed by atoms with E-state index in [4.69, 9.17) is 0 Å². The highest BCUT2D eigenvalue weighted by Crippen LogP contribution is 2.23. The lowest BCUT2D eigenvalue weighted by atomic mass is 9.94. The molecule has 1 fully saturated rings. The highest BCUT2D eigenvalue weighted by molar-refractivity contribution is 5.94. The Hall–Kier alpha value is -1.38. The summed E-state index contributed by atoms with van der Waals surface area (Å²) in [5.74, 6) is -0.614. The summed E-state index contributed by atoms with van der Waals surface area (Å²) < 4.78 is 13.7. The standard InChI is InChI=1S/C15H20FNO/c1-11-8-9-14(16)13(10-11)15(18)17(2)12-6-4-3-5-7-12/h8-10,12H,3-7H2,1-2H3. The van der Waals surface area contributed by atoms with Gasteiger partial charge in [-0.3, -0.25) is 4.79 Å². The predicted molar refractivity (Wildman–Crippen MR) is 70.1 cm³/mol. The molecule has 0 radical (unpaired) electrons. The Morgan fingerprint density at radius 3 is 2.61 bits per heavy atom. The molecule has 1 aliphatic rings. The van der Waals surface area contributed by atoms with Gasteiger partial charge in [-0.05, 0) is 31.9 Å². The normalized spacial score (nSPS) is 16.6. The Kier molecular flexibility index (Phi) is 4.00. The Labute approximate surface area is 108 Å². The molecule has 2 rings (SSSR count). The van der Waals surface area contributed by atoms with Crippen LogP contribution in [0.3, 0.4) is 0 Å². The Morgan fingerprint density at radius 1 is 1.28 bits per heavy atom. The molecule has 0 heterocycles. The van der Waals surface area contributed by atoms with Crippen molar-refractivity contribution in [2.75, 3.05) is 7.05 Å². The van der Waals surface area contributed by atoms with Gasteiger partial charge < -0.3 is 4.90 Å². The van der Waals surface area contributed by atoms with Gasteiger partial charge in [0.2, 0.25) is 0 Å². The third kappa shape index (κ3) is 2.71. The van der Waals surface area contributed by atoms with E-state index in [2.05, 4.69) is 0 Å². The number of nitrogens with zero attached hydrogens (tertiary/aromatic N) is 1. The van der Waals surface area contributed by atoms with Crippen molar-refractivity contribution in [3.8, 4) is 0 Å². The van der Waals surface area contributed by atoms with E-state index in [1.165, 1.54) is 25.3 Å². The molecule has 0 bridgehead atoms. The van der Waals surface area contributed by atoms with Crippen molar-refractivity contribution in [1.29, 1.82) is 0 Å². The number of benzene rings is 1. The molecule has 0 unspecified atom stereocenters. The summed E-state index contributed by atoms with van der Waals surface area (Å²) in [5, 5.41) is 0. The summed E-state index contributed by atoms with van der Waals surface area (Å²) in [6.07, 6.45) is 5.65. The van der Waals surface area contributed by atoms with Gasteiger partial charge in [-0.15, -0.1) is 0 Å². The van der Waals surface area contributed by atoms with Gasteiger partial charge in [0, 0.05) is 13.1 Å². The first kappa shape index (κ1) is 13.1. The second-order valence-electron chi connectivity index (χ2n) is 5.19. The lowest BCUT2D eigenvalue weighted by Crippen LogP contribution is -2.38. The van der Waals surface area contributed by atoms with E-state index in [0.29, 0.717) is 0 Å². The molecule has 3 heteroatoms. The zero-order chi connectivity index (χ0) is 13.1. The zero-order valence-corrected chi connectivity index (χ0v) is 11.1. The molecule has 18 heavy (non-hydrogen) atoms. The second-order valence-corrected chi connectivity index (χ2v) is 5.19. The highest BCUT2D eigenvalue weighted by Gasteiger charge is 2.24. The van der Waals surface area contributed by atoms with Gasteiger partial charge in [-0.25, -0.2) is 4.39 Å². The average Bonchev–Trinajstić information content (AvgIpc) is 2.41. The van der Waals surface area contributed by atoms with Gasteiger partial charge in [0.25, 0.3) is 5.91 Å². The fourth-order valence-corrected chi connectivity index (χ4v) is 2.63. The van der Waals surface area contributed by atoms with E-state index in [1.54, 1.807) is 24.1 Å². The molecule has 0 aromatic heterocycles. The van der Waals surface area contributed by atoms with Crippen LogP contribution in [0.4, 0.5) is 4.39 Å². The first-order valence-corrected chi connectivity index (χ1v) is 6.63. The summed E-state index contributed by atoms with van der Waals surface area (Å²) in [6.45, 7) is 1.87. The minimum atomic E-state index is -0.423. The molecule has 1 aliphatic carbocycles. The van der Waals surface area contributed by atoms with Crippen molar-refractivity contribution >= 4 is 5.91 Å². The van der Waals surface area contributed by atoms with Gasteiger partial charge >= 0.3 is 0 Å². The van der Waals surface area contributed by atoms with E-state index in [0.717, 1.165) is 18.4 Å². The van der Waals surface area contributed by atoms with E-state index in [9.17, 15) is 9.18 Å². The summed E-state index contributed by atoms with van der Waals surface area (Å²) in [6, 6.07) is 4.97. The topological polar surface area (TPSA) is 20.3 Å². The van der Waals surface area contributed by atoms with Crippen molar-refractivity contribution in [3.63, 3.8) is 0 Å². The molecule has 1 aromatic rings. The first-order chi connectivity index (χ1) is 8.59. The SMILES string of the molecule is Cc1ccc(F)c(C(=O)N(C)C2CCCCC2)c1. The first-order valence-electron chi connectivity index (χ1n) is 6.63. The molecule has 1 saturated carbocycles. The smallest absolute Gasteiger partial charge is 0.256 e. The van der Waals surface area contributed by atoms with Crippen LogP contribution in [0.2, 0.25) is 0 Å². The third-order valence-corrected chi connectivity index (χ3v) is 3.80.